The van der Waals surface area contributed by atoms with Crippen LogP contribution in [-0.4, -0.2) is 12.6 Å². The van der Waals surface area contributed by atoms with Gasteiger partial charge in [-0.15, -0.1) is 6.58 Å². The largest absolute Gasteiger partial charge is 0.314 e. The molecule has 0 heterocycles. The molecular weight excluding hydrogens is 98.1 g/mol. The minimum absolute atomic E-state index is 0.474. The summed E-state index contributed by atoms with van der Waals surface area (Å²) in [5, 5.41) is 3.28. The van der Waals surface area contributed by atoms with Crippen molar-refractivity contribution in [1.82, 2.24) is 5.32 Å². The van der Waals surface area contributed by atoms with E-state index < -0.39 is 0 Å². The predicted molar refractivity (Wildman–Crippen MR) is 35.8 cm³/mol. The average Bonchev–Trinajstić information content (AvgIpc) is 2.50. The molecule has 0 aliphatic heterocycles. The maximum atomic E-state index is 3.69. The van der Waals surface area contributed by atoms with E-state index in [-0.39, 0.29) is 0 Å². The normalized spacial score (nSPS) is 22.6. The first-order valence-electron chi connectivity index (χ1n) is 3.13. The predicted octanol–water partition coefficient (Wildman–Crippen LogP) is 1.31. The fourth-order valence-corrected chi connectivity index (χ4v) is 0.983. The third kappa shape index (κ3) is 0.920. The second-order valence-electron chi connectivity index (χ2n) is 2.52. The van der Waals surface area contributed by atoms with E-state index in [1.165, 1.54) is 12.8 Å². The van der Waals surface area contributed by atoms with Gasteiger partial charge in [0.15, 0.2) is 0 Å². The third-order valence-corrected chi connectivity index (χ3v) is 1.92. The van der Waals surface area contributed by atoms with Gasteiger partial charge in [-0.05, 0) is 26.3 Å². The van der Waals surface area contributed by atoms with Crippen molar-refractivity contribution in [3.05, 3.63) is 12.7 Å². The Hall–Kier alpha value is -0.300. The Morgan fingerprint density at radius 1 is 1.75 bits per heavy atom. The number of nitrogens with one attached hydrogen (secondary N) is 1. The Balaban J connectivity index is 2.29. The van der Waals surface area contributed by atoms with Crippen LogP contribution >= 0.6 is 0 Å². The summed E-state index contributed by atoms with van der Waals surface area (Å²) in [6.07, 6.45) is 5.78. The van der Waals surface area contributed by atoms with Gasteiger partial charge in [0.05, 0.1) is 0 Å². The molecule has 0 amide bonds. The van der Waals surface area contributed by atoms with E-state index in [0.29, 0.717) is 5.54 Å². The second kappa shape index (κ2) is 1.90. The molecule has 0 spiro atoms. The zero-order valence-electron chi connectivity index (χ0n) is 5.41. The zero-order chi connectivity index (χ0) is 6.04. The number of rotatable bonds is 3. The molecule has 1 saturated carbocycles. The molecule has 8 heavy (non-hydrogen) atoms. The van der Waals surface area contributed by atoms with Gasteiger partial charge < -0.3 is 5.32 Å². The minimum Gasteiger partial charge on any atom is -0.314 e. The number of hydrogen-bond donors (Lipinski definition) is 1. The highest BCUT2D eigenvalue weighted by Gasteiger charge is 2.39. The lowest BCUT2D eigenvalue weighted by Gasteiger charge is -2.08. The molecule has 0 atom stereocenters. The SMILES string of the molecule is C=CCC1(NC)CC1. The lowest BCUT2D eigenvalue weighted by Crippen LogP contribution is -2.25. The maximum absolute atomic E-state index is 3.69. The lowest BCUT2D eigenvalue weighted by atomic mass is 10.2. The van der Waals surface area contributed by atoms with E-state index in [9.17, 15) is 0 Å². The highest BCUT2D eigenvalue weighted by Crippen LogP contribution is 2.38. The highest BCUT2D eigenvalue weighted by molar-refractivity contribution is 5.04. The Bertz CT molecular complexity index is 92.6. The second-order valence-corrected chi connectivity index (χ2v) is 2.52. The average molecular weight is 111 g/mol. The summed E-state index contributed by atoms with van der Waals surface area (Å²) < 4.78 is 0. The van der Waals surface area contributed by atoms with Gasteiger partial charge in [0.1, 0.15) is 0 Å². The fourth-order valence-electron chi connectivity index (χ4n) is 0.983. The molecule has 1 fully saturated rings. The molecule has 0 aromatic carbocycles. The molecule has 0 radical (unpaired) electrons. The van der Waals surface area contributed by atoms with Crippen LogP contribution in [0.25, 0.3) is 0 Å². The van der Waals surface area contributed by atoms with Gasteiger partial charge in [-0.3, -0.25) is 0 Å². The quantitative estimate of drug-likeness (QED) is 0.541. The summed E-state index contributed by atoms with van der Waals surface area (Å²) in [4.78, 5) is 0. The van der Waals surface area contributed by atoms with Gasteiger partial charge in [0.2, 0.25) is 0 Å². The summed E-state index contributed by atoms with van der Waals surface area (Å²) in [5.41, 5.74) is 0.474. The van der Waals surface area contributed by atoms with Crippen molar-refractivity contribution in [3.63, 3.8) is 0 Å². The monoisotopic (exact) mass is 111 g/mol. The van der Waals surface area contributed by atoms with Crippen molar-refractivity contribution in [2.75, 3.05) is 7.05 Å². The molecule has 1 nitrogen and oxygen atoms in total. The molecule has 1 heteroatoms. The van der Waals surface area contributed by atoms with Gasteiger partial charge in [-0.2, -0.15) is 0 Å². The Morgan fingerprint density at radius 2 is 2.38 bits per heavy atom. The molecule has 0 bridgehead atoms. The third-order valence-electron chi connectivity index (χ3n) is 1.92. The molecule has 1 N–H and O–H groups in total. The van der Waals surface area contributed by atoms with E-state index in [1.54, 1.807) is 0 Å². The van der Waals surface area contributed by atoms with Crippen LogP contribution in [0.3, 0.4) is 0 Å². The molecule has 1 aliphatic carbocycles. The van der Waals surface area contributed by atoms with E-state index in [0.717, 1.165) is 6.42 Å². The summed E-state index contributed by atoms with van der Waals surface area (Å²) >= 11 is 0. The van der Waals surface area contributed by atoms with Crippen LogP contribution in [0.2, 0.25) is 0 Å². The van der Waals surface area contributed by atoms with Crippen molar-refractivity contribution in [2.45, 2.75) is 24.8 Å². The lowest BCUT2D eigenvalue weighted by molar-refractivity contribution is 0.559. The summed E-state index contributed by atoms with van der Waals surface area (Å²) in [6, 6.07) is 0. The molecule has 1 rings (SSSR count). The van der Waals surface area contributed by atoms with Crippen LogP contribution in [0.15, 0.2) is 12.7 Å². The summed E-state index contributed by atoms with van der Waals surface area (Å²) in [5.74, 6) is 0. The zero-order valence-corrected chi connectivity index (χ0v) is 5.41. The van der Waals surface area contributed by atoms with Gasteiger partial charge >= 0.3 is 0 Å². The van der Waals surface area contributed by atoms with Crippen LogP contribution in [0.5, 0.6) is 0 Å². The van der Waals surface area contributed by atoms with Crippen molar-refractivity contribution in [2.24, 2.45) is 0 Å². The van der Waals surface area contributed by atoms with Crippen molar-refractivity contribution in [1.29, 1.82) is 0 Å². The maximum Gasteiger partial charge on any atom is 0.0214 e. The molecular formula is C7H13N. The first-order chi connectivity index (χ1) is 3.83. The van der Waals surface area contributed by atoms with E-state index in [2.05, 4.69) is 11.9 Å². The van der Waals surface area contributed by atoms with Gasteiger partial charge in [0.25, 0.3) is 0 Å². The van der Waals surface area contributed by atoms with Crippen molar-refractivity contribution < 1.29 is 0 Å². The van der Waals surface area contributed by atoms with Crippen molar-refractivity contribution in [3.8, 4) is 0 Å². The van der Waals surface area contributed by atoms with Crippen molar-refractivity contribution >= 4 is 0 Å². The van der Waals surface area contributed by atoms with Crippen LogP contribution in [0, 0.1) is 0 Å². The first-order valence-corrected chi connectivity index (χ1v) is 3.13. The van der Waals surface area contributed by atoms with Gasteiger partial charge in [-0.1, -0.05) is 6.08 Å². The summed E-state index contributed by atoms with van der Waals surface area (Å²) in [7, 11) is 2.02. The topological polar surface area (TPSA) is 12.0 Å². The smallest absolute Gasteiger partial charge is 0.0214 e. The molecule has 0 unspecified atom stereocenters. The summed E-state index contributed by atoms with van der Waals surface area (Å²) in [6.45, 7) is 3.69. The first kappa shape index (κ1) is 5.83. The van der Waals surface area contributed by atoms with Crippen LogP contribution in [-0.2, 0) is 0 Å². The van der Waals surface area contributed by atoms with Crippen LogP contribution < -0.4 is 5.32 Å². The highest BCUT2D eigenvalue weighted by atomic mass is 15.0. The molecule has 1 aliphatic rings. The Labute approximate surface area is 50.8 Å². The fraction of sp³-hybridized carbons (Fsp3) is 0.714. The molecule has 46 valence electrons. The standard InChI is InChI=1S/C7H13N/c1-3-4-7(8-2)5-6-7/h3,8H,1,4-6H2,2H3. The molecule has 0 aromatic rings. The van der Waals surface area contributed by atoms with E-state index in [1.807, 2.05) is 13.1 Å². The van der Waals surface area contributed by atoms with Crippen LogP contribution in [0.4, 0.5) is 0 Å². The Kier molecular flexibility index (Phi) is 1.39. The minimum atomic E-state index is 0.474. The Morgan fingerprint density at radius 3 is 2.50 bits per heavy atom. The van der Waals surface area contributed by atoms with E-state index >= 15 is 0 Å². The molecule has 0 saturated heterocycles. The van der Waals surface area contributed by atoms with E-state index in [4.69, 9.17) is 0 Å². The van der Waals surface area contributed by atoms with Gasteiger partial charge in [0, 0.05) is 5.54 Å². The van der Waals surface area contributed by atoms with Gasteiger partial charge in [-0.25, -0.2) is 0 Å². The molecule has 0 aromatic heterocycles. The van der Waals surface area contributed by atoms with Crippen LogP contribution in [0.1, 0.15) is 19.3 Å². The number of hydrogen-bond acceptors (Lipinski definition) is 1.